The van der Waals surface area contributed by atoms with Gasteiger partial charge < -0.3 is 10.8 Å². The van der Waals surface area contributed by atoms with Crippen molar-refractivity contribution in [3.63, 3.8) is 0 Å². The Balaban J connectivity index is 2.12. The minimum absolute atomic E-state index is 0.338. The lowest BCUT2D eigenvalue weighted by atomic mass is 9.93. The molecule has 1 heterocycles. The number of hydrogen-bond donors (Lipinski definition) is 2. The molecule has 3 heteroatoms. The Morgan fingerprint density at radius 1 is 1.50 bits per heavy atom. The summed E-state index contributed by atoms with van der Waals surface area (Å²) in [7, 11) is 0. The maximum Gasteiger partial charge on any atom is 0.0789 e. The summed E-state index contributed by atoms with van der Waals surface area (Å²) >= 11 is 0. The van der Waals surface area contributed by atoms with Crippen LogP contribution in [-0.4, -0.2) is 35.7 Å². The lowest BCUT2D eigenvalue weighted by Crippen LogP contribution is -2.41. The van der Waals surface area contributed by atoms with Crippen LogP contribution in [0.15, 0.2) is 24.3 Å². The summed E-state index contributed by atoms with van der Waals surface area (Å²) in [4.78, 5) is 2.31. The highest BCUT2D eigenvalue weighted by atomic mass is 16.3. The van der Waals surface area contributed by atoms with Crippen LogP contribution < -0.4 is 5.73 Å². The van der Waals surface area contributed by atoms with E-state index in [-0.39, 0.29) is 0 Å². The molecule has 0 amide bonds. The van der Waals surface area contributed by atoms with Crippen LogP contribution in [0.4, 0.5) is 0 Å². The Hall–Kier alpha value is -0.900. The van der Waals surface area contributed by atoms with E-state index in [9.17, 15) is 5.11 Å². The zero-order valence-corrected chi connectivity index (χ0v) is 9.76. The van der Waals surface area contributed by atoms with Crippen molar-refractivity contribution >= 4 is 0 Å². The molecule has 1 unspecified atom stereocenters. The quantitative estimate of drug-likeness (QED) is 0.796. The first-order valence-electron chi connectivity index (χ1n) is 5.92. The van der Waals surface area contributed by atoms with Gasteiger partial charge in [-0.2, -0.15) is 0 Å². The van der Waals surface area contributed by atoms with E-state index in [0.717, 1.165) is 13.0 Å². The van der Waals surface area contributed by atoms with Gasteiger partial charge in [0.2, 0.25) is 0 Å². The Bertz CT molecular complexity index is 354. The van der Waals surface area contributed by atoms with Crippen molar-refractivity contribution in [2.24, 2.45) is 5.73 Å². The van der Waals surface area contributed by atoms with E-state index in [1.807, 2.05) is 0 Å². The highest BCUT2D eigenvalue weighted by Gasteiger charge is 2.24. The standard InChI is InChI=1S/C13H20N2O/c1-10-13-5-3-2-4-11(13)6-7-15(10)9-12(16)8-14/h2-5,10,12,16H,6-9,14H2,1H3/t10?,12-/m0/s1. The Morgan fingerprint density at radius 3 is 3.00 bits per heavy atom. The second-order valence-electron chi connectivity index (χ2n) is 4.51. The second kappa shape index (κ2) is 4.95. The van der Waals surface area contributed by atoms with Crippen molar-refractivity contribution in [1.29, 1.82) is 0 Å². The topological polar surface area (TPSA) is 49.5 Å². The van der Waals surface area contributed by atoms with Gasteiger partial charge in [0.1, 0.15) is 0 Å². The summed E-state index contributed by atoms with van der Waals surface area (Å²) in [6.45, 7) is 4.22. The number of fused-ring (bicyclic) bond motifs is 1. The van der Waals surface area contributed by atoms with Gasteiger partial charge in [-0.05, 0) is 24.5 Å². The highest BCUT2D eigenvalue weighted by molar-refractivity contribution is 5.32. The van der Waals surface area contributed by atoms with E-state index < -0.39 is 6.10 Å². The van der Waals surface area contributed by atoms with Crippen molar-refractivity contribution in [2.45, 2.75) is 25.5 Å². The average Bonchev–Trinajstić information content (AvgIpc) is 2.33. The van der Waals surface area contributed by atoms with Gasteiger partial charge in [0, 0.05) is 25.7 Å². The molecule has 0 fully saturated rings. The summed E-state index contributed by atoms with van der Waals surface area (Å²) in [6, 6.07) is 8.93. The van der Waals surface area contributed by atoms with Crippen molar-refractivity contribution in [3.8, 4) is 0 Å². The monoisotopic (exact) mass is 220 g/mol. The van der Waals surface area contributed by atoms with Gasteiger partial charge in [-0.25, -0.2) is 0 Å². The fraction of sp³-hybridized carbons (Fsp3) is 0.538. The van der Waals surface area contributed by atoms with Crippen LogP contribution in [-0.2, 0) is 6.42 Å². The predicted molar refractivity (Wildman–Crippen MR) is 65.2 cm³/mol. The second-order valence-corrected chi connectivity index (χ2v) is 4.51. The van der Waals surface area contributed by atoms with E-state index in [4.69, 9.17) is 5.73 Å². The van der Waals surface area contributed by atoms with Gasteiger partial charge in [0.15, 0.2) is 0 Å². The number of aliphatic hydroxyl groups is 1. The highest BCUT2D eigenvalue weighted by Crippen LogP contribution is 2.28. The summed E-state index contributed by atoms with van der Waals surface area (Å²) < 4.78 is 0. The number of rotatable bonds is 3. The summed E-state index contributed by atoms with van der Waals surface area (Å²) in [5.41, 5.74) is 8.28. The number of benzene rings is 1. The largest absolute Gasteiger partial charge is 0.390 e. The summed E-state index contributed by atoms with van der Waals surface area (Å²) in [5, 5.41) is 9.61. The van der Waals surface area contributed by atoms with Crippen LogP contribution in [0.25, 0.3) is 0 Å². The van der Waals surface area contributed by atoms with Gasteiger partial charge >= 0.3 is 0 Å². The Kier molecular flexibility index (Phi) is 3.59. The fourth-order valence-corrected chi connectivity index (χ4v) is 2.42. The molecule has 0 bridgehead atoms. The van der Waals surface area contributed by atoms with E-state index in [0.29, 0.717) is 19.1 Å². The van der Waals surface area contributed by atoms with E-state index in [2.05, 4.69) is 36.1 Å². The van der Waals surface area contributed by atoms with Gasteiger partial charge in [-0.1, -0.05) is 24.3 Å². The summed E-state index contributed by atoms with van der Waals surface area (Å²) in [5.74, 6) is 0. The molecule has 0 radical (unpaired) electrons. The van der Waals surface area contributed by atoms with Crippen LogP contribution in [0.2, 0.25) is 0 Å². The molecule has 0 saturated carbocycles. The molecule has 1 aromatic rings. The molecule has 1 aromatic carbocycles. The van der Waals surface area contributed by atoms with Crippen molar-refractivity contribution in [3.05, 3.63) is 35.4 Å². The summed E-state index contributed by atoms with van der Waals surface area (Å²) in [6.07, 6.45) is 0.658. The van der Waals surface area contributed by atoms with Gasteiger partial charge in [0.25, 0.3) is 0 Å². The third kappa shape index (κ3) is 2.26. The van der Waals surface area contributed by atoms with Gasteiger partial charge in [-0.3, -0.25) is 4.90 Å². The molecule has 3 nitrogen and oxygen atoms in total. The van der Waals surface area contributed by atoms with E-state index in [1.54, 1.807) is 0 Å². The fourth-order valence-electron chi connectivity index (χ4n) is 2.42. The third-order valence-corrected chi connectivity index (χ3v) is 3.44. The van der Waals surface area contributed by atoms with Crippen LogP contribution in [0, 0.1) is 0 Å². The van der Waals surface area contributed by atoms with Crippen LogP contribution in [0.3, 0.4) is 0 Å². The van der Waals surface area contributed by atoms with Crippen LogP contribution in [0.1, 0.15) is 24.1 Å². The smallest absolute Gasteiger partial charge is 0.0789 e. The molecule has 88 valence electrons. The Labute approximate surface area is 96.9 Å². The molecular formula is C13H20N2O. The number of hydrogen-bond acceptors (Lipinski definition) is 3. The zero-order chi connectivity index (χ0) is 11.5. The molecule has 0 saturated heterocycles. The van der Waals surface area contributed by atoms with Crippen molar-refractivity contribution < 1.29 is 5.11 Å². The molecule has 16 heavy (non-hydrogen) atoms. The van der Waals surface area contributed by atoms with Crippen LogP contribution in [0.5, 0.6) is 0 Å². The molecule has 2 rings (SSSR count). The average molecular weight is 220 g/mol. The number of β-amino-alcohol motifs (C(OH)–C–C–N with tert-alkyl or cyclic N) is 1. The normalized spacial score (nSPS) is 22.8. The first-order valence-corrected chi connectivity index (χ1v) is 5.92. The van der Waals surface area contributed by atoms with E-state index in [1.165, 1.54) is 11.1 Å². The molecular weight excluding hydrogens is 200 g/mol. The number of nitrogens with zero attached hydrogens (tertiary/aromatic N) is 1. The number of aliphatic hydroxyl groups excluding tert-OH is 1. The molecule has 2 atom stereocenters. The first kappa shape index (κ1) is 11.6. The SMILES string of the molecule is CC1c2ccccc2CCN1C[C@@H](O)CN. The van der Waals surface area contributed by atoms with Crippen molar-refractivity contribution in [2.75, 3.05) is 19.6 Å². The maximum atomic E-state index is 9.61. The lowest BCUT2D eigenvalue weighted by Gasteiger charge is -2.36. The van der Waals surface area contributed by atoms with Crippen molar-refractivity contribution in [1.82, 2.24) is 4.90 Å². The van der Waals surface area contributed by atoms with Gasteiger partial charge in [0.05, 0.1) is 6.10 Å². The third-order valence-electron chi connectivity index (χ3n) is 3.44. The minimum Gasteiger partial charge on any atom is -0.390 e. The molecule has 0 spiro atoms. The van der Waals surface area contributed by atoms with Gasteiger partial charge in [-0.15, -0.1) is 0 Å². The first-order chi connectivity index (χ1) is 7.72. The number of nitrogens with two attached hydrogens (primary N) is 1. The van der Waals surface area contributed by atoms with Crippen LogP contribution >= 0.6 is 0 Å². The molecule has 3 N–H and O–H groups in total. The molecule has 0 aliphatic carbocycles. The molecule has 0 aromatic heterocycles. The maximum absolute atomic E-state index is 9.61. The molecule has 1 aliphatic heterocycles. The Morgan fingerprint density at radius 2 is 2.25 bits per heavy atom. The minimum atomic E-state index is -0.410. The van der Waals surface area contributed by atoms with E-state index >= 15 is 0 Å². The zero-order valence-electron chi connectivity index (χ0n) is 9.76. The lowest BCUT2D eigenvalue weighted by molar-refractivity contribution is 0.0916. The predicted octanol–water partition coefficient (Wildman–Crippen LogP) is 0.925. The molecule has 1 aliphatic rings.